The molecular weight excluding hydrogens is 646 g/mol. The number of primary amides is 1. The van der Waals surface area contributed by atoms with Crippen LogP contribution >= 0.6 is 0 Å². The van der Waals surface area contributed by atoms with Gasteiger partial charge in [-0.2, -0.15) is 0 Å². The van der Waals surface area contributed by atoms with E-state index < -0.39 is 35.4 Å². The number of methoxy groups -OCH3 is 1. The Morgan fingerprint density at radius 2 is 1.82 bits per heavy atom. The first kappa shape index (κ1) is 34.5. The summed E-state index contributed by atoms with van der Waals surface area (Å²) in [5.41, 5.74) is 7.01. The minimum absolute atomic E-state index is 0.0136. The number of nitrogens with zero attached hydrogens (tertiary/aromatic N) is 3. The van der Waals surface area contributed by atoms with Crippen molar-refractivity contribution >= 4 is 34.5 Å². The Bertz CT molecular complexity index is 1820. The highest BCUT2D eigenvalue weighted by atomic mass is 16.5. The minimum atomic E-state index is -1.18. The number of benzene rings is 2. The van der Waals surface area contributed by atoms with Gasteiger partial charge in [0.1, 0.15) is 29.2 Å². The third-order valence-corrected chi connectivity index (χ3v) is 11.0. The van der Waals surface area contributed by atoms with Gasteiger partial charge in [0.25, 0.3) is 0 Å². The summed E-state index contributed by atoms with van der Waals surface area (Å²) in [6, 6.07) is 16.4. The smallest absolute Gasteiger partial charge is 0.243 e. The molecule has 11 heteroatoms. The van der Waals surface area contributed by atoms with Gasteiger partial charge >= 0.3 is 0 Å². The highest BCUT2D eigenvalue weighted by Crippen LogP contribution is 2.45. The standard InChI is InChI=1S/C40H47N5O6/c1-50-29-16-17-31-33(21-29)42-32(26-12-7-5-8-13-26)23-35(31)51-30-22-34-37(47)43-40(39(41)49)24-28(40)15-9-4-2-3-6-14-27(38(48)45(34)25-30)20-36(46)44-18-10-11-19-44/h5,7-9,12-13,15-17,21,23,27-28,30,34H,2-4,6,10-11,14,18-20,22,24-25H2,1H3,(H2,41,49)(H,43,47)/b15-9-/t27-,28-,30-,34+,40-/m1/s1. The Labute approximate surface area is 298 Å². The number of amides is 4. The number of likely N-dealkylation sites (tertiary alicyclic amines) is 1. The Morgan fingerprint density at radius 3 is 2.59 bits per heavy atom. The molecule has 1 saturated carbocycles. The molecule has 0 bridgehead atoms. The van der Waals surface area contributed by atoms with Crippen LogP contribution < -0.4 is 20.5 Å². The van der Waals surface area contributed by atoms with Crippen LogP contribution in [0.3, 0.4) is 0 Å². The third kappa shape index (κ3) is 7.29. The minimum Gasteiger partial charge on any atom is -0.497 e. The van der Waals surface area contributed by atoms with Crippen molar-refractivity contribution in [1.82, 2.24) is 20.1 Å². The average molecular weight is 694 g/mol. The molecule has 0 radical (unpaired) electrons. The zero-order chi connectivity index (χ0) is 35.5. The Kier molecular flexibility index (Phi) is 9.97. The second-order valence-corrected chi connectivity index (χ2v) is 14.4. The van der Waals surface area contributed by atoms with Crippen molar-refractivity contribution in [2.75, 3.05) is 26.7 Å². The van der Waals surface area contributed by atoms with E-state index in [-0.39, 0.29) is 37.1 Å². The van der Waals surface area contributed by atoms with E-state index in [1.165, 1.54) is 0 Å². The Hall–Kier alpha value is -4.93. The van der Waals surface area contributed by atoms with Crippen molar-refractivity contribution in [3.8, 4) is 22.8 Å². The van der Waals surface area contributed by atoms with Gasteiger partial charge in [-0.3, -0.25) is 19.2 Å². The highest BCUT2D eigenvalue weighted by Gasteiger charge is 2.60. The molecule has 2 aromatic carbocycles. The zero-order valence-electron chi connectivity index (χ0n) is 29.2. The lowest BCUT2D eigenvalue weighted by molar-refractivity contribution is -0.145. The van der Waals surface area contributed by atoms with Crippen molar-refractivity contribution in [3.05, 3.63) is 66.7 Å². The second-order valence-electron chi connectivity index (χ2n) is 14.4. The molecule has 4 aliphatic rings. The van der Waals surface area contributed by atoms with E-state index in [1.807, 2.05) is 65.6 Å². The summed E-state index contributed by atoms with van der Waals surface area (Å²) in [4.78, 5) is 63.3. The maximum atomic E-state index is 14.6. The van der Waals surface area contributed by atoms with Gasteiger partial charge in [-0.15, -0.1) is 0 Å². The number of ether oxygens (including phenoxy) is 2. The molecule has 3 fully saturated rings. The molecule has 0 unspecified atom stereocenters. The number of hydrogen-bond acceptors (Lipinski definition) is 7. The molecule has 5 atom stereocenters. The summed E-state index contributed by atoms with van der Waals surface area (Å²) in [6.45, 7) is 1.58. The second kappa shape index (κ2) is 14.7. The molecule has 0 spiro atoms. The quantitative estimate of drug-likeness (QED) is 0.340. The van der Waals surface area contributed by atoms with Crippen LogP contribution in [0, 0.1) is 11.8 Å². The predicted molar refractivity (Wildman–Crippen MR) is 193 cm³/mol. The van der Waals surface area contributed by atoms with E-state index in [4.69, 9.17) is 20.2 Å². The molecule has 51 heavy (non-hydrogen) atoms. The summed E-state index contributed by atoms with van der Waals surface area (Å²) < 4.78 is 12.2. The number of nitrogens with two attached hydrogens (primary N) is 1. The number of fused-ring (bicyclic) bond motifs is 3. The number of aromatic nitrogens is 1. The molecule has 1 aliphatic carbocycles. The van der Waals surface area contributed by atoms with E-state index in [1.54, 1.807) is 12.0 Å². The van der Waals surface area contributed by atoms with E-state index >= 15 is 0 Å². The molecule has 3 aliphatic heterocycles. The van der Waals surface area contributed by atoms with Gasteiger partial charge < -0.3 is 30.3 Å². The van der Waals surface area contributed by atoms with E-state index in [2.05, 4.69) is 11.4 Å². The number of hydrogen-bond donors (Lipinski definition) is 2. The molecule has 2 saturated heterocycles. The first-order chi connectivity index (χ1) is 24.8. The fourth-order valence-electron chi connectivity index (χ4n) is 7.97. The van der Waals surface area contributed by atoms with Crippen LogP contribution in [-0.2, 0) is 19.2 Å². The van der Waals surface area contributed by atoms with Crippen LogP contribution in [0.4, 0.5) is 0 Å². The summed E-state index contributed by atoms with van der Waals surface area (Å²) >= 11 is 0. The summed E-state index contributed by atoms with van der Waals surface area (Å²) in [7, 11) is 1.61. The van der Waals surface area contributed by atoms with Crippen LogP contribution in [0.2, 0.25) is 0 Å². The normalized spacial score (nSPS) is 27.5. The first-order valence-corrected chi connectivity index (χ1v) is 18.3. The van der Waals surface area contributed by atoms with Gasteiger partial charge in [-0.05, 0) is 50.7 Å². The topological polar surface area (TPSA) is 144 Å². The number of carbonyl (C=O) groups is 4. The molecule has 4 amide bonds. The summed E-state index contributed by atoms with van der Waals surface area (Å²) in [5, 5.41) is 3.74. The van der Waals surface area contributed by atoms with Gasteiger partial charge in [0.15, 0.2) is 0 Å². The molecule has 1 aromatic heterocycles. The van der Waals surface area contributed by atoms with Crippen molar-refractivity contribution in [1.29, 1.82) is 0 Å². The average Bonchev–Trinajstić information content (AvgIpc) is 3.44. The van der Waals surface area contributed by atoms with Gasteiger partial charge in [0.2, 0.25) is 23.6 Å². The molecule has 7 rings (SSSR count). The van der Waals surface area contributed by atoms with Crippen molar-refractivity contribution in [3.63, 3.8) is 0 Å². The molecule has 4 heterocycles. The first-order valence-electron chi connectivity index (χ1n) is 18.3. The predicted octanol–water partition coefficient (Wildman–Crippen LogP) is 4.77. The van der Waals surface area contributed by atoms with E-state index in [0.717, 1.165) is 49.5 Å². The zero-order valence-corrected chi connectivity index (χ0v) is 29.2. The Balaban J connectivity index is 1.22. The lowest BCUT2D eigenvalue weighted by Crippen LogP contribution is -2.55. The fourth-order valence-corrected chi connectivity index (χ4v) is 7.97. The van der Waals surface area contributed by atoms with Crippen molar-refractivity contribution in [2.45, 2.75) is 81.9 Å². The number of carbonyl (C=O) groups excluding carboxylic acids is 4. The maximum absolute atomic E-state index is 14.6. The maximum Gasteiger partial charge on any atom is 0.243 e. The molecular formula is C40H47N5O6. The van der Waals surface area contributed by atoms with Gasteiger partial charge in [-0.25, -0.2) is 4.98 Å². The molecule has 268 valence electrons. The highest BCUT2D eigenvalue weighted by molar-refractivity contribution is 5.97. The van der Waals surface area contributed by atoms with Crippen LogP contribution in [0.25, 0.3) is 22.2 Å². The third-order valence-electron chi connectivity index (χ3n) is 11.0. The van der Waals surface area contributed by atoms with Crippen LogP contribution in [-0.4, -0.2) is 82.8 Å². The number of nitrogens with one attached hydrogen (secondary N) is 1. The van der Waals surface area contributed by atoms with E-state index in [9.17, 15) is 19.2 Å². The lowest BCUT2D eigenvalue weighted by Gasteiger charge is -2.29. The summed E-state index contributed by atoms with van der Waals surface area (Å²) in [5.74, 6) is -0.778. The largest absolute Gasteiger partial charge is 0.497 e. The molecule has 3 aromatic rings. The van der Waals surface area contributed by atoms with Crippen molar-refractivity contribution in [2.24, 2.45) is 17.6 Å². The van der Waals surface area contributed by atoms with Gasteiger partial charge in [-0.1, -0.05) is 55.3 Å². The number of pyridine rings is 1. The fraction of sp³-hybridized carbons (Fsp3) is 0.475. The van der Waals surface area contributed by atoms with Crippen LogP contribution in [0.5, 0.6) is 11.5 Å². The Morgan fingerprint density at radius 1 is 1.02 bits per heavy atom. The van der Waals surface area contributed by atoms with Gasteiger partial charge in [0.05, 0.1) is 24.9 Å². The van der Waals surface area contributed by atoms with E-state index in [0.29, 0.717) is 48.6 Å². The van der Waals surface area contributed by atoms with Crippen LogP contribution in [0.15, 0.2) is 66.7 Å². The summed E-state index contributed by atoms with van der Waals surface area (Å²) in [6.07, 6.45) is 10.2. The monoisotopic (exact) mass is 693 g/mol. The van der Waals surface area contributed by atoms with Crippen molar-refractivity contribution < 1.29 is 28.7 Å². The van der Waals surface area contributed by atoms with Crippen LogP contribution in [0.1, 0.15) is 64.2 Å². The SMILES string of the molecule is COc1ccc2c(O[C@@H]3C[C@H]4C(=O)N[C@]5(C(N)=O)C[C@H]5/C=C\CCCCC[C@H](CC(=O)N5CCCC5)C(=O)N4C3)cc(-c3ccccc3)nc2c1. The number of allylic oxidation sites excluding steroid dienone is 1. The lowest BCUT2D eigenvalue weighted by atomic mass is 9.94. The molecule has 3 N–H and O–H groups in total. The number of rotatable bonds is 7. The van der Waals surface area contributed by atoms with Gasteiger partial charge in [0, 0.05) is 60.8 Å². The molecule has 11 nitrogen and oxygen atoms in total.